The maximum absolute atomic E-state index is 12.4. The maximum Gasteiger partial charge on any atom is 0.417 e. The van der Waals surface area contributed by atoms with Gasteiger partial charge in [-0.1, -0.05) is 6.07 Å². The minimum Gasteiger partial charge on any atom is -0.166 e. The Bertz CT molecular complexity index is 331. The van der Waals surface area contributed by atoms with Crippen LogP contribution in [0.2, 0.25) is 0 Å². The van der Waals surface area contributed by atoms with E-state index < -0.39 is 11.7 Å². The van der Waals surface area contributed by atoms with E-state index in [0.717, 1.165) is 0 Å². The summed E-state index contributed by atoms with van der Waals surface area (Å²) < 4.78 is 37.8. The molecule has 0 spiro atoms. The molecule has 1 rings (SSSR count). The molecule has 0 N–H and O–H groups in total. The van der Waals surface area contributed by atoms with Crippen LogP contribution in [0.5, 0.6) is 0 Å². The second-order valence-electron chi connectivity index (χ2n) is 2.55. The Balaban J connectivity index is 3.43. The molecular weight excluding hydrogens is 313 g/mol. The Labute approximate surface area is 90.4 Å². The van der Waals surface area contributed by atoms with Gasteiger partial charge in [0.1, 0.15) is 0 Å². The van der Waals surface area contributed by atoms with Crippen LogP contribution in [-0.2, 0) is 6.18 Å². The van der Waals surface area contributed by atoms with Crippen molar-refractivity contribution in [1.29, 1.82) is 0 Å². The fraction of sp³-hybridized carbons (Fsp3) is 0.250. The highest BCUT2D eigenvalue weighted by molar-refractivity contribution is 9.13. The molecule has 0 saturated carbocycles. The van der Waals surface area contributed by atoms with Crippen molar-refractivity contribution in [1.82, 2.24) is 0 Å². The van der Waals surface area contributed by atoms with Gasteiger partial charge in [-0.2, -0.15) is 13.2 Å². The van der Waals surface area contributed by atoms with Crippen molar-refractivity contribution in [2.24, 2.45) is 0 Å². The number of halogens is 5. The van der Waals surface area contributed by atoms with Crippen molar-refractivity contribution in [3.63, 3.8) is 0 Å². The van der Waals surface area contributed by atoms with E-state index in [-0.39, 0.29) is 10.0 Å². The van der Waals surface area contributed by atoms with E-state index in [2.05, 4.69) is 31.9 Å². The van der Waals surface area contributed by atoms with Gasteiger partial charge in [0.2, 0.25) is 0 Å². The summed E-state index contributed by atoms with van der Waals surface area (Å²) in [6, 6.07) is 3.01. The highest BCUT2D eigenvalue weighted by Gasteiger charge is 2.35. The van der Waals surface area contributed by atoms with Gasteiger partial charge in [-0.15, -0.1) is 0 Å². The van der Waals surface area contributed by atoms with Crippen LogP contribution in [0.15, 0.2) is 21.1 Å². The van der Waals surface area contributed by atoms with Crippen LogP contribution in [0.25, 0.3) is 0 Å². The molecular formula is C8H5Br2F3. The fourth-order valence-electron chi connectivity index (χ4n) is 0.995. The normalized spacial score (nSPS) is 11.8. The van der Waals surface area contributed by atoms with E-state index in [4.69, 9.17) is 0 Å². The van der Waals surface area contributed by atoms with E-state index >= 15 is 0 Å². The molecule has 0 radical (unpaired) electrons. The van der Waals surface area contributed by atoms with Gasteiger partial charge in [0.05, 0.1) is 5.56 Å². The molecule has 13 heavy (non-hydrogen) atoms. The Morgan fingerprint density at radius 3 is 2.08 bits per heavy atom. The Hall–Kier alpha value is -0.0300. The molecule has 0 saturated heterocycles. The van der Waals surface area contributed by atoms with Crippen LogP contribution in [0, 0.1) is 6.92 Å². The van der Waals surface area contributed by atoms with E-state index in [1.165, 1.54) is 13.0 Å². The Morgan fingerprint density at radius 1 is 1.15 bits per heavy atom. The van der Waals surface area contributed by atoms with Gasteiger partial charge in [-0.3, -0.25) is 0 Å². The lowest BCUT2D eigenvalue weighted by Crippen LogP contribution is -2.08. The van der Waals surface area contributed by atoms with Crippen LogP contribution >= 0.6 is 31.9 Å². The summed E-state index contributed by atoms with van der Waals surface area (Å²) in [6.07, 6.45) is -4.31. The van der Waals surface area contributed by atoms with Crippen molar-refractivity contribution < 1.29 is 13.2 Å². The fourth-order valence-corrected chi connectivity index (χ4v) is 2.00. The monoisotopic (exact) mass is 316 g/mol. The van der Waals surface area contributed by atoms with Crippen LogP contribution in [0.4, 0.5) is 13.2 Å². The topological polar surface area (TPSA) is 0 Å². The lowest BCUT2D eigenvalue weighted by atomic mass is 10.1. The van der Waals surface area contributed by atoms with Gasteiger partial charge in [0.15, 0.2) is 0 Å². The molecule has 1 aromatic rings. The summed E-state index contributed by atoms with van der Waals surface area (Å²) >= 11 is 5.93. The van der Waals surface area contributed by atoms with Crippen LogP contribution in [0.1, 0.15) is 11.1 Å². The molecule has 0 fully saturated rings. The lowest BCUT2D eigenvalue weighted by molar-refractivity contribution is -0.138. The predicted octanol–water partition coefficient (Wildman–Crippen LogP) is 4.54. The first-order chi connectivity index (χ1) is 5.84. The van der Waals surface area contributed by atoms with E-state index in [0.29, 0.717) is 4.47 Å². The van der Waals surface area contributed by atoms with Crippen molar-refractivity contribution >= 4 is 31.9 Å². The van der Waals surface area contributed by atoms with Gasteiger partial charge in [0.25, 0.3) is 0 Å². The van der Waals surface area contributed by atoms with Crippen LogP contribution in [0.3, 0.4) is 0 Å². The average molecular weight is 318 g/mol. The highest BCUT2D eigenvalue weighted by Crippen LogP contribution is 2.40. The molecule has 5 heteroatoms. The smallest absolute Gasteiger partial charge is 0.166 e. The van der Waals surface area contributed by atoms with E-state index in [9.17, 15) is 13.2 Å². The summed E-state index contributed by atoms with van der Waals surface area (Å²) in [6.45, 7) is 1.43. The van der Waals surface area contributed by atoms with E-state index in [1.807, 2.05) is 0 Å². The molecule has 0 amide bonds. The minimum atomic E-state index is -4.31. The third-order valence-electron chi connectivity index (χ3n) is 1.59. The summed E-state index contributed by atoms with van der Waals surface area (Å²) in [7, 11) is 0. The number of rotatable bonds is 0. The summed E-state index contributed by atoms with van der Waals surface area (Å²) in [5, 5.41) is 0. The molecule has 0 unspecified atom stereocenters. The molecule has 1 aromatic carbocycles. The maximum atomic E-state index is 12.4. The number of benzene rings is 1. The van der Waals surface area contributed by atoms with Crippen molar-refractivity contribution in [3.05, 3.63) is 32.2 Å². The zero-order valence-electron chi connectivity index (χ0n) is 6.54. The van der Waals surface area contributed by atoms with Gasteiger partial charge in [-0.05, 0) is 50.4 Å². The zero-order valence-corrected chi connectivity index (χ0v) is 9.72. The second-order valence-corrected chi connectivity index (χ2v) is 4.20. The third kappa shape index (κ3) is 2.26. The number of alkyl halides is 3. The molecule has 0 atom stereocenters. The first-order valence-corrected chi connectivity index (χ1v) is 4.94. The molecule has 0 aliphatic carbocycles. The van der Waals surface area contributed by atoms with Gasteiger partial charge < -0.3 is 0 Å². The zero-order chi connectivity index (χ0) is 10.2. The summed E-state index contributed by atoms with van der Waals surface area (Å²) in [5.74, 6) is 0. The largest absolute Gasteiger partial charge is 0.417 e. The van der Waals surface area contributed by atoms with Crippen molar-refractivity contribution in [2.75, 3.05) is 0 Å². The molecule has 0 bridgehead atoms. The minimum absolute atomic E-state index is 0.0556. The first kappa shape index (κ1) is 11.0. The second kappa shape index (κ2) is 3.61. The quantitative estimate of drug-likeness (QED) is 0.659. The first-order valence-electron chi connectivity index (χ1n) is 3.36. The molecule has 0 aromatic heterocycles. The molecule has 0 aliphatic rings. The van der Waals surface area contributed by atoms with Gasteiger partial charge >= 0.3 is 6.18 Å². The summed E-state index contributed by atoms with van der Waals surface area (Å²) in [4.78, 5) is 0. The molecule has 0 aliphatic heterocycles. The molecule has 0 heterocycles. The number of hydrogen-bond donors (Lipinski definition) is 0. The van der Waals surface area contributed by atoms with Crippen LogP contribution < -0.4 is 0 Å². The SMILES string of the molecule is Cc1ccc(Br)c(Br)c1C(F)(F)F. The van der Waals surface area contributed by atoms with E-state index in [1.54, 1.807) is 6.07 Å². The third-order valence-corrected chi connectivity index (χ3v) is 3.60. The average Bonchev–Trinajstić information content (AvgIpc) is 1.95. The lowest BCUT2D eigenvalue weighted by Gasteiger charge is -2.12. The molecule has 0 nitrogen and oxygen atoms in total. The van der Waals surface area contributed by atoms with Gasteiger partial charge in [0, 0.05) is 8.95 Å². The Morgan fingerprint density at radius 2 is 1.69 bits per heavy atom. The van der Waals surface area contributed by atoms with Crippen molar-refractivity contribution in [3.8, 4) is 0 Å². The van der Waals surface area contributed by atoms with Crippen LogP contribution in [-0.4, -0.2) is 0 Å². The Kier molecular flexibility index (Phi) is 3.07. The van der Waals surface area contributed by atoms with Crippen molar-refractivity contribution in [2.45, 2.75) is 13.1 Å². The summed E-state index contributed by atoms with van der Waals surface area (Å²) in [5.41, 5.74) is -0.413. The highest BCUT2D eigenvalue weighted by atomic mass is 79.9. The predicted molar refractivity (Wildman–Crippen MR) is 51.6 cm³/mol. The number of aryl methyl sites for hydroxylation is 1. The number of hydrogen-bond acceptors (Lipinski definition) is 0. The van der Waals surface area contributed by atoms with Gasteiger partial charge in [-0.25, -0.2) is 0 Å². The molecule has 72 valence electrons. The standard InChI is InChI=1S/C8H5Br2F3/c1-4-2-3-5(9)7(10)6(4)8(11,12)13/h2-3H,1H3.